The van der Waals surface area contributed by atoms with Crippen LogP contribution in [-0.2, 0) is 20.8 Å². The number of sulfonamides is 1. The number of hydrogen-bond acceptors (Lipinski definition) is 4. The van der Waals surface area contributed by atoms with Crippen LogP contribution in [0, 0.1) is 0 Å². The molecular weight excluding hydrogens is 300 g/mol. The standard InChI is InChI=1S/C9H13ClN2O4S2/c1-17(14)4-2-3-12-18(15,16)7-5-8(10)9(13)11-6-7/h5-6,12H,2-4H2,1H3,(H,11,13). The number of nitrogens with one attached hydrogen (secondary N) is 2. The highest BCUT2D eigenvalue weighted by molar-refractivity contribution is 7.89. The minimum absolute atomic E-state index is 0.107. The Kier molecular flexibility index (Phi) is 5.51. The first-order valence-electron chi connectivity index (χ1n) is 5.01. The lowest BCUT2D eigenvalue weighted by Gasteiger charge is -2.06. The summed E-state index contributed by atoms with van der Waals surface area (Å²) < 4.78 is 36.7. The Morgan fingerprint density at radius 3 is 2.72 bits per heavy atom. The van der Waals surface area contributed by atoms with E-state index in [2.05, 4.69) is 9.71 Å². The van der Waals surface area contributed by atoms with Crippen LogP contribution < -0.4 is 10.3 Å². The zero-order chi connectivity index (χ0) is 13.8. The van der Waals surface area contributed by atoms with E-state index >= 15 is 0 Å². The fourth-order valence-corrected chi connectivity index (χ4v) is 3.01. The van der Waals surface area contributed by atoms with Gasteiger partial charge in [0.2, 0.25) is 10.0 Å². The molecule has 6 nitrogen and oxygen atoms in total. The molecule has 18 heavy (non-hydrogen) atoms. The van der Waals surface area contributed by atoms with Crippen molar-refractivity contribution in [3.8, 4) is 0 Å². The van der Waals surface area contributed by atoms with Crippen LogP contribution in [0.4, 0.5) is 0 Å². The van der Waals surface area contributed by atoms with Crippen LogP contribution in [0.3, 0.4) is 0 Å². The van der Waals surface area contributed by atoms with E-state index in [1.165, 1.54) is 0 Å². The monoisotopic (exact) mass is 312 g/mol. The maximum absolute atomic E-state index is 11.8. The van der Waals surface area contributed by atoms with Gasteiger partial charge in [0.1, 0.15) is 5.02 Å². The Bertz CT molecular complexity index is 597. The minimum atomic E-state index is -3.70. The van der Waals surface area contributed by atoms with Gasteiger partial charge in [-0.2, -0.15) is 0 Å². The first-order chi connectivity index (χ1) is 8.33. The van der Waals surface area contributed by atoms with Crippen molar-refractivity contribution < 1.29 is 12.6 Å². The first-order valence-corrected chi connectivity index (χ1v) is 8.59. The van der Waals surface area contributed by atoms with Gasteiger partial charge >= 0.3 is 0 Å². The number of pyridine rings is 1. The molecule has 0 amide bonds. The Morgan fingerprint density at radius 1 is 1.50 bits per heavy atom. The Labute approximate surface area is 112 Å². The van der Waals surface area contributed by atoms with E-state index in [1.807, 2.05) is 0 Å². The average molecular weight is 313 g/mol. The molecule has 1 unspecified atom stereocenters. The van der Waals surface area contributed by atoms with Crippen molar-refractivity contribution in [2.24, 2.45) is 0 Å². The van der Waals surface area contributed by atoms with E-state index in [0.29, 0.717) is 12.2 Å². The normalized spacial score (nSPS) is 13.4. The molecule has 1 aromatic rings. The van der Waals surface area contributed by atoms with Crippen LogP contribution in [0.15, 0.2) is 22.0 Å². The number of hydrogen-bond donors (Lipinski definition) is 2. The Hall–Kier alpha value is -0.700. The quantitative estimate of drug-likeness (QED) is 0.727. The Balaban J connectivity index is 2.71. The van der Waals surface area contributed by atoms with Gasteiger partial charge in [-0.1, -0.05) is 11.6 Å². The van der Waals surface area contributed by atoms with E-state index in [0.717, 1.165) is 12.3 Å². The summed E-state index contributed by atoms with van der Waals surface area (Å²) in [5.74, 6) is 0.425. The van der Waals surface area contributed by atoms with Crippen molar-refractivity contribution in [2.75, 3.05) is 18.6 Å². The van der Waals surface area contributed by atoms with Gasteiger partial charge in [-0.15, -0.1) is 0 Å². The van der Waals surface area contributed by atoms with E-state index in [4.69, 9.17) is 11.6 Å². The van der Waals surface area contributed by atoms with Crippen molar-refractivity contribution in [1.29, 1.82) is 0 Å². The lowest BCUT2D eigenvalue weighted by molar-refractivity contribution is 0.580. The van der Waals surface area contributed by atoms with Gasteiger partial charge in [0.15, 0.2) is 0 Å². The summed E-state index contributed by atoms with van der Waals surface area (Å²) in [5, 5.41) is -0.187. The average Bonchev–Trinajstić information content (AvgIpc) is 2.28. The molecule has 0 saturated carbocycles. The summed E-state index contributed by atoms with van der Waals surface area (Å²) in [4.78, 5) is 13.1. The fourth-order valence-electron chi connectivity index (χ4n) is 1.16. The molecule has 9 heteroatoms. The third kappa shape index (κ3) is 4.52. The molecular formula is C9H13ClN2O4S2. The molecule has 0 aliphatic rings. The van der Waals surface area contributed by atoms with Crippen LogP contribution in [0.2, 0.25) is 5.02 Å². The van der Waals surface area contributed by atoms with Crippen LogP contribution in [0.5, 0.6) is 0 Å². The summed E-state index contributed by atoms with van der Waals surface area (Å²) in [5.41, 5.74) is -0.544. The second kappa shape index (κ2) is 6.46. The summed E-state index contributed by atoms with van der Waals surface area (Å²) in [6.07, 6.45) is 3.10. The topological polar surface area (TPSA) is 96.1 Å². The lowest BCUT2D eigenvalue weighted by Crippen LogP contribution is -2.26. The van der Waals surface area contributed by atoms with E-state index in [9.17, 15) is 17.4 Å². The minimum Gasteiger partial charge on any atom is -0.326 e. The molecule has 0 aliphatic carbocycles. The Morgan fingerprint density at radius 2 is 2.17 bits per heavy atom. The van der Waals surface area contributed by atoms with Crippen LogP contribution in [0.1, 0.15) is 6.42 Å². The smallest absolute Gasteiger partial charge is 0.266 e. The number of H-pyrrole nitrogens is 1. The summed E-state index contributed by atoms with van der Waals surface area (Å²) in [7, 11) is -4.65. The highest BCUT2D eigenvalue weighted by Crippen LogP contribution is 2.10. The van der Waals surface area contributed by atoms with Gasteiger partial charge in [0, 0.05) is 35.5 Å². The maximum Gasteiger partial charge on any atom is 0.266 e. The van der Waals surface area contributed by atoms with Gasteiger partial charge in [0.25, 0.3) is 5.56 Å². The van der Waals surface area contributed by atoms with Crippen molar-refractivity contribution in [3.05, 3.63) is 27.6 Å². The predicted octanol–water partition coefficient (Wildman–Crippen LogP) is 0.0752. The third-order valence-corrected chi connectivity index (χ3v) is 4.63. The molecule has 2 N–H and O–H groups in total. The highest BCUT2D eigenvalue weighted by Gasteiger charge is 2.14. The van der Waals surface area contributed by atoms with Gasteiger partial charge in [-0.05, 0) is 12.5 Å². The largest absolute Gasteiger partial charge is 0.326 e. The van der Waals surface area contributed by atoms with Crippen molar-refractivity contribution >= 4 is 32.4 Å². The molecule has 1 rings (SSSR count). The SMILES string of the molecule is CS(=O)CCCNS(=O)(=O)c1c[nH]c(=O)c(Cl)c1. The predicted molar refractivity (Wildman–Crippen MR) is 70.8 cm³/mol. The molecule has 0 fully saturated rings. The molecule has 1 heterocycles. The second-order valence-electron chi connectivity index (χ2n) is 3.54. The van der Waals surface area contributed by atoms with Gasteiger partial charge < -0.3 is 4.98 Å². The van der Waals surface area contributed by atoms with Crippen molar-refractivity contribution in [2.45, 2.75) is 11.3 Å². The zero-order valence-corrected chi connectivity index (χ0v) is 12.0. The molecule has 0 spiro atoms. The lowest BCUT2D eigenvalue weighted by atomic mass is 10.5. The van der Waals surface area contributed by atoms with E-state index < -0.39 is 26.4 Å². The second-order valence-corrected chi connectivity index (χ2v) is 7.27. The van der Waals surface area contributed by atoms with Gasteiger partial charge in [-0.25, -0.2) is 13.1 Å². The number of aromatic nitrogens is 1. The van der Waals surface area contributed by atoms with Crippen LogP contribution in [-0.4, -0.2) is 36.2 Å². The molecule has 1 atom stereocenters. The molecule has 0 bridgehead atoms. The third-order valence-electron chi connectivity index (χ3n) is 2.04. The number of aromatic amines is 1. The molecule has 1 aromatic heterocycles. The number of rotatable bonds is 6. The van der Waals surface area contributed by atoms with Gasteiger partial charge in [0.05, 0.1) is 4.90 Å². The summed E-state index contributed by atoms with van der Waals surface area (Å²) in [6, 6.07) is 1.08. The van der Waals surface area contributed by atoms with Crippen molar-refractivity contribution in [1.82, 2.24) is 9.71 Å². The van der Waals surface area contributed by atoms with Crippen LogP contribution >= 0.6 is 11.6 Å². The van der Waals surface area contributed by atoms with Crippen molar-refractivity contribution in [3.63, 3.8) is 0 Å². The van der Waals surface area contributed by atoms with E-state index in [-0.39, 0.29) is 16.5 Å². The van der Waals surface area contributed by atoms with E-state index in [1.54, 1.807) is 6.26 Å². The van der Waals surface area contributed by atoms with Gasteiger partial charge in [-0.3, -0.25) is 9.00 Å². The summed E-state index contributed by atoms with van der Waals surface area (Å²) in [6.45, 7) is 0.179. The zero-order valence-electron chi connectivity index (χ0n) is 9.60. The summed E-state index contributed by atoms with van der Waals surface area (Å²) >= 11 is 5.55. The maximum atomic E-state index is 11.8. The number of halogens is 1. The highest BCUT2D eigenvalue weighted by atomic mass is 35.5. The molecule has 0 radical (unpaired) electrons. The molecule has 0 aromatic carbocycles. The fraction of sp³-hybridized carbons (Fsp3) is 0.444. The first kappa shape index (κ1) is 15.4. The molecule has 0 saturated heterocycles. The molecule has 0 aliphatic heterocycles. The molecule has 102 valence electrons. The van der Waals surface area contributed by atoms with Crippen LogP contribution in [0.25, 0.3) is 0 Å².